The summed E-state index contributed by atoms with van der Waals surface area (Å²) in [5.74, 6) is 0.269. The second kappa shape index (κ2) is 5.17. The van der Waals surface area contributed by atoms with Crippen molar-refractivity contribution in [2.75, 3.05) is 13.7 Å². The Morgan fingerprint density at radius 2 is 2.36 bits per heavy atom. The first-order valence-electron chi connectivity index (χ1n) is 4.87. The van der Waals surface area contributed by atoms with Gasteiger partial charge in [-0.3, -0.25) is 0 Å². The Kier molecular flexibility index (Phi) is 4.16. The molecule has 4 N–H and O–H groups in total. The second-order valence-corrected chi connectivity index (χ2v) is 3.84. The van der Waals surface area contributed by atoms with E-state index in [1.165, 1.54) is 0 Å². The lowest BCUT2D eigenvalue weighted by molar-refractivity contribution is 0.106. The van der Waals surface area contributed by atoms with E-state index < -0.39 is 6.09 Å². The van der Waals surface area contributed by atoms with Crippen LogP contribution in [0.2, 0.25) is 0 Å². The number of hydrogen-bond donors (Lipinski definition) is 3. The van der Waals surface area contributed by atoms with E-state index in [2.05, 4.69) is 5.32 Å². The Labute approximate surface area is 83.6 Å². The van der Waals surface area contributed by atoms with Crippen LogP contribution in [0.1, 0.15) is 19.3 Å². The van der Waals surface area contributed by atoms with E-state index in [1.807, 2.05) is 0 Å². The molecule has 0 unspecified atom stereocenters. The zero-order valence-corrected chi connectivity index (χ0v) is 8.40. The van der Waals surface area contributed by atoms with Crippen molar-refractivity contribution in [1.82, 2.24) is 5.32 Å². The van der Waals surface area contributed by atoms with Crippen molar-refractivity contribution >= 4 is 6.09 Å². The fourth-order valence-corrected chi connectivity index (χ4v) is 2.00. The predicted molar refractivity (Wildman–Crippen MR) is 52.1 cm³/mol. The van der Waals surface area contributed by atoms with Crippen molar-refractivity contribution < 1.29 is 14.6 Å². The van der Waals surface area contributed by atoms with Crippen LogP contribution in [0.25, 0.3) is 0 Å². The van der Waals surface area contributed by atoms with E-state index in [0.717, 1.165) is 19.3 Å². The van der Waals surface area contributed by atoms with Gasteiger partial charge >= 0.3 is 6.09 Å². The van der Waals surface area contributed by atoms with Crippen LogP contribution >= 0.6 is 0 Å². The van der Waals surface area contributed by atoms with Crippen LogP contribution in [0.5, 0.6) is 0 Å². The highest BCUT2D eigenvalue weighted by Crippen LogP contribution is 2.23. The van der Waals surface area contributed by atoms with Gasteiger partial charge in [-0.05, 0) is 25.2 Å². The Hall–Kier alpha value is -0.810. The van der Waals surface area contributed by atoms with Crippen LogP contribution in [0.15, 0.2) is 0 Å². The Morgan fingerprint density at radius 3 is 2.93 bits per heavy atom. The average molecular weight is 202 g/mol. The maximum absolute atomic E-state index is 10.4. The minimum atomic E-state index is -0.957. The average Bonchev–Trinajstić information content (AvgIpc) is 2.10. The topological polar surface area (TPSA) is 84.6 Å². The van der Waals surface area contributed by atoms with Crippen molar-refractivity contribution in [2.24, 2.45) is 11.7 Å². The van der Waals surface area contributed by atoms with Crippen molar-refractivity contribution in [2.45, 2.75) is 31.3 Å². The molecule has 3 atom stereocenters. The lowest BCUT2D eigenvalue weighted by Crippen LogP contribution is -2.46. The summed E-state index contributed by atoms with van der Waals surface area (Å²) in [4.78, 5) is 10.4. The summed E-state index contributed by atoms with van der Waals surface area (Å²) in [6, 6.07) is 0.175. The molecule has 1 fully saturated rings. The van der Waals surface area contributed by atoms with Gasteiger partial charge in [-0.1, -0.05) is 0 Å². The fraction of sp³-hybridized carbons (Fsp3) is 0.889. The van der Waals surface area contributed by atoms with Gasteiger partial charge in [-0.25, -0.2) is 4.79 Å². The second-order valence-electron chi connectivity index (χ2n) is 3.84. The molecule has 1 rings (SSSR count). The van der Waals surface area contributed by atoms with E-state index in [9.17, 15) is 4.79 Å². The normalized spacial score (nSPS) is 32.6. The van der Waals surface area contributed by atoms with Crippen LogP contribution in [-0.2, 0) is 4.74 Å². The molecule has 5 nitrogen and oxygen atoms in total. The molecule has 14 heavy (non-hydrogen) atoms. The molecule has 0 aromatic heterocycles. The molecule has 0 saturated heterocycles. The van der Waals surface area contributed by atoms with Crippen LogP contribution < -0.4 is 11.1 Å². The number of rotatable bonds is 3. The summed E-state index contributed by atoms with van der Waals surface area (Å²) in [5, 5.41) is 11.1. The highest BCUT2D eigenvalue weighted by molar-refractivity contribution is 5.64. The van der Waals surface area contributed by atoms with Gasteiger partial charge in [0.15, 0.2) is 0 Å². The van der Waals surface area contributed by atoms with Crippen molar-refractivity contribution in [3.63, 3.8) is 0 Å². The number of ether oxygens (including phenoxy) is 1. The van der Waals surface area contributed by atoms with Crippen molar-refractivity contribution in [1.29, 1.82) is 0 Å². The van der Waals surface area contributed by atoms with Crippen LogP contribution in [0.4, 0.5) is 4.79 Å². The van der Waals surface area contributed by atoms with Crippen LogP contribution in [0.3, 0.4) is 0 Å². The zero-order valence-electron chi connectivity index (χ0n) is 8.40. The van der Waals surface area contributed by atoms with Crippen molar-refractivity contribution in [3.05, 3.63) is 0 Å². The maximum Gasteiger partial charge on any atom is 0.404 e. The van der Waals surface area contributed by atoms with Gasteiger partial charge in [0.2, 0.25) is 0 Å². The molecule has 0 aliphatic heterocycles. The molecule has 1 amide bonds. The van der Waals surface area contributed by atoms with Crippen LogP contribution in [-0.4, -0.2) is 37.0 Å². The molecule has 1 saturated carbocycles. The standard InChI is InChI=1S/C9H18N2O3/c1-14-5-6-4-7(11-9(12)13)2-3-8(6)10/h6-8,11H,2-5,10H2,1H3,(H,12,13)/t6-,7+,8-/m0/s1. The monoisotopic (exact) mass is 202 g/mol. The SMILES string of the molecule is COC[C@@H]1C[C@H](NC(=O)O)CC[C@@H]1N. The number of hydrogen-bond acceptors (Lipinski definition) is 3. The summed E-state index contributed by atoms with van der Waals surface area (Å²) in [5.41, 5.74) is 5.90. The molecule has 1 aliphatic carbocycles. The minimum Gasteiger partial charge on any atom is -0.465 e. The maximum atomic E-state index is 10.4. The predicted octanol–water partition coefficient (Wildman–Crippen LogP) is 0.396. The fourth-order valence-electron chi connectivity index (χ4n) is 2.00. The van der Waals surface area contributed by atoms with Gasteiger partial charge in [0.1, 0.15) is 0 Å². The van der Waals surface area contributed by atoms with Gasteiger partial charge in [0.25, 0.3) is 0 Å². The smallest absolute Gasteiger partial charge is 0.404 e. The molecule has 0 radical (unpaired) electrons. The zero-order chi connectivity index (χ0) is 10.6. The van der Waals surface area contributed by atoms with Gasteiger partial charge in [-0.2, -0.15) is 0 Å². The van der Waals surface area contributed by atoms with E-state index in [0.29, 0.717) is 6.61 Å². The first-order valence-corrected chi connectivity index (χ1v) is 4.87. The molecule has 0 bridgehead atoms. The third kappa shape index (κ3) is 3.16. The molecular formula is C9H18N2O3. The van der Waals surface area contributed by atoms with E-state index in [1.54, 1.807) is 7.11 Å². The lowest BCUT2D eigenvalue weighted by atomic mass is 9.82. The number of amides is 1. The minimum absolute atomic E-state index is 0.0347. The number of carboxylic acid groups (broad SMARTS) is 1. The van der Waals surface area contributed by atoms with Gasteiger partial charge < -0.3 is 20.9 Å². The summed E-state index contributed by atoms with van der Waals surface area (Å²) in [6.07, 6.45) is 1.51. The highest BCUT2D eigenvalue weighted by atomic mass is 16.5. The molecule has 1 aliphatic rings. The van der Waals surface area contributed by atoms with Crippen LogP contribution in [0, 0.1) is 5.92 Å². The van der Waals surface area contributed by atoms with Gasteiger partial charge in [0, 0.05) is 19.2 Å². The Balaban J connectivity index is 2.40. The third-order valence-corrected chi connectivity index (χ3v) is 2.75. The van der Waals surface area contributed by atoms with Gasteiger partial charge in [-0.15, -0.1) is 0 Å². The van der Waals surface area contributed by atoms with Crippen molar-refractivity contribution in [3.8, 4) is 0 Å². The summed E-state index contributed by atoms with van der Waals surface area (Å²) < 4.78 is 5.05. The molecular weight excluding hydrogens is 184 g/mol. The summed E-state index contributed by atoms with van der Waals surface area (Å²) in [6.45, 7) is 0.610. The number of methoxy groups -OCH3 is 1. The molecule has 5 heteroatoms. The lowest BCUT2D eigenvalue weighted by Gasteiger charge is -2.33. The van der Waals surface area contributed by atoms with E-state index in [4.69, 9.17) is 15.6 Å². The first-order chi connectivity index (χ1) is 6.63. The van der Waals surface area contributed by atoms with E-state index in [-0.39, 0.29) is 18.0 Å². The number of nitrogens with one attached hydrogen (secondary N) is 1. The number of carbonyl (C=O) groups is 1. The largest absolute Gasteiger partial charge is 0.465 e. The number of nitrogens with two attached hydrogens (primary N) is 1. The summed E-state index contributed by atoms with van der Waals surface area (Å²) in [7, 11) is 1.64. The molecule has 0 aromatic rings. The van der Waals surface area contributed by atoms with E-state index >= 15 is 0 Å². The third-order valence-electron chi connectivity index (χ3n) is 2.75. The highest BCUT2D eigenvalue weighted by Gasteiger charge is 2.28. The molecule has 82 valence electrons. The first kappa shape index (κ1) is 11.3. The Bertz CT molecular complexity index is 198. The Morgan fingerprint density at radius 1 is 1.64 bits per heavy atom. The van der Waals surface area contributed by atoms with Gasteiger partial charge in [0.05, 0.1) is 6.61 Å². The molecule has 0 heterocycles. The quantitative estimate of drug-likeness (QED) is 0.618. The summed E-state index contributed by atoms with van der Waals surface area (Å²) >= 11 is 0. The molecule has 0 aromatic carbocycles. The molecule has 0 spiro atoms.